The second-order valence-corrected chi connectivity index (χ2v) is 7.86. The van der Waals surface area contributed by atoms with Gasteiger partial charge in [0.25, 0.3) is 5.56 Å². The van der Waals surface area contributed by atoms with Crippen LogP contribution in [-0.2, 0) is 27.9 Å². The van der Waals surface area contributed by atoms with Crippen LogP contribution in [0.1, 0.15) is 20.3 Å². The van der Waals surface area contributed by atoms with Crippen molar-refractivity contribution in [1.29, 1.82) is 0 Å². The molecule has 2 aromatic heterocycles. The first kappa shape index (κ1) is 20.8. The molecule has 0 aliphatic carbocycles. The number of carbonyl (C=O) groups excluding carboxylic acids is 1. The topological polar surface area (TPSA) is 106 Å². The van der Waals surface area contributed by atoms with Crippen molar-refractivity contribution < 1.29 is 13.2 Å². The second-order valence-electron chi connectivity index (χ2n) is 5.92. The number of rotatable bonds is 10. The number of aromatic nitrogens is 3. The summed E-state index contributed by atoms with van der Waals surface area (Å²) in [5.74, 6) is -0.347. The van der Waals surface area contributed by atoms with E-state index in [4.69, 9.17) is 0 Å². The highest BCUT2D eigenvalue weighted by atomic mass is 32.2. The maximum absolute atomic E-state index is 12.6. The van der Waals surface area contributed by atoms with Crippen molar-refractivity contribution >= 4 is 15.9 Å². The van der Waals surface area contributed by atoms with Crippen molar-refractivity contribution in [3.8, 4) is 0 Å². The van der Waals surface area contributed by atoms with E-state index in [0.717, 1.165) is 11.1 Å². The third-order valence-corrected chi connectivity index (χ3v) is 6.12. The number of hydrogen-bond donors (Lipinski definition) is 1. The SMILES string of the molecule is CCN(CC)S(=O)(=O)c1ccc(=O)n(CC(=O)NCCCn2ccnc2)c1. The van der Waals surface area contributed by atoms with Crippen LogP contribution in [0.3, 0.4) is 0 Å². The molecule has 2 heterocycles. The number of imidazole rings is 1. The van der Waals surface area contributed by atoms with Crippen molar-refractivity contribution in [3.05, 3.63) is 47.4 Å². The highest BCUT2D eigenvalue weighted by molar-refractivity contribution is 7.89. The molecule has 148 valence electrons. The van der Waals surface area contributed by atoms with E-state index >= 15 is 0 Å². The van der Waals surface area contributed by atoms with E-state index < -0.39 is 15.6 Å². The maximum Gasteiger partial charge on any atom is 0.251 e. The Kier molecular flexibility index (Phi) is 7.31. The number of amides is 1. The van der Waals surface area contributed by atoms with Crippen LogP contribution < -0.4 is 10.9 Å². The molecule has 0 atom stereocenters. The largest absolute Gasteiger partial charge is 0.354 e. The summed E-state index contributed by atoms with van der Waals surface area (Å²) in [6.45, 7) is 5.08. The summed E-state index contributed by atoms with van der Waals surface area (Å²) in [6, 6.07) is 2.44. The molecule has 1 amide bonds. The predicted molar refractivity (Wildman–Crippen MR) is 101 cm³/mol. The Morgan fingerprint density at radius 1 is 1.26 bits per heavy atom. The molecule has 2 aromatic rings. The van der Waals surface area contributed by atoms with Crippen molar-refractivity contribution in [2.24, 2.45) is 0 Å². The molecule has 0 spiro atoms. The van der Waals surface area contributed by atoms with E-state index in [-0.39, 0.29) is 17.3 Å². The van der Waals surface area contributed by atoms with Crippen molar-refractivity contribution in [1.82, 2.24) is 23.7 Å². The van der Waals surface area contributed by atoms with Crippen LogP contribution in [0.2, 0.25) is 0 Å². The average Bonchev–Trinajstić information content (AvgIpc) is 3.15. The number of aryl methyl sites for hydroxylation is 1. The fourth-order valence-corrected chi connectivity index (χ4v) is 4.10. The molecule has 0 radical (unpaired) electrons. The van der Waals surface area contributed by atoms with E-state index in [0.29, 0.717) is 26.1 Å². The first-order chi connectivity index (χ1) is 12.9. The molecular formula is C17H25N5O4S. The molecule has 0 bridgehead atoms. The minimum absolute atomic E-state index is 0.00120. The highest BCUT2D eigenvalue weighted by Gasteiger charge is 2.22. The Labute approximate surface area is 158 Å². The van der Waals surface area contributed by atoms with Gasteiger partial charge in [0, 0.05) is 50.8 Å². The molecule has 27 heavy (non-hydrogen) atoms. The van der Waals surface area contributed by atoms with E-state index in [1.807, 2.05) is 10.8 Å². The molecule has 0 unspecified atom stereocenters. The monoisotopic (exact) mass is 395 g/mol. The molecule has 2 rings (SSSR count). The molecule has 0 saturated carbocycles. The Morgan fingerprint density at radius 3 is 2.63 bits per heavy atom. The van der Waals surface area contributed by atoms with E-state index in [1.54, 1.807) is 26.4 Å². The summed E-state index contributed by atoms with van der Waals surface area (Å²) in [7, 11) is -3.69. The predicted octanol–water partition coefficient (Wildman–Crippen LogP) is 0.282. The van der Waals surface area contributed by atoms with Gasteiger partial charge in [-0.2, -0.15) is 4.31 Å². The minimum Gasteiger partial charge on any atom is -0.354 e. The smallest absolute Gasteiger partial charge is 0.251 e. The van der Waals surface area contributed by atoms with E-state index in [1.165, 1.54) is 22.6 Å². The van der Waals surface area contributed by atoms with Crippen LogP contribution in [0.25, 0.3) is 0 Å². The second kappa shape index (κ2) is 9.47. The minimum atomic E-state index is -3.69. The van der Waals surface area contributed by atoms with Gasteiger partial charge in [-0.1, -0.05) is 13.8 Å². The van der Waals surface area contributed by atoms with Gasteiger partial charge in [0.05, 0.1) is 11.2 Å². The van der Waals surface area contributed by atoms with Crippen LogP contribution >= 0.6 is 0 Å². The number of nitrogens with one attached hydrogen (secondary N) is 1. The van der Waals surface area contributed by atoms with Crippen molar-refractivity contribution in [3.63, 3.8) is 0 Å². The van der Waals surface area contributed by atoms with Crippen LogP contribution in [-0.4, -0.2) is 52.4 Å². The van der Waals surface area contributed by atoms with E-state index in [9.17, 15) is 18.0 Å². The third-order valence-electron chi connectivity index (χ3n) is 4.09. The van der Waals surface area contributed by atoms with E-state index in [2.05, 4.69) is 10.3 Å². The van der Waals surface area contributed by atoms with Gasteiger partial charge >= 0.3 is 0 Å². The standard InChI is InChI=1S/C17H25N5O4S/c1-3-22(4-2)27(25,26)15-6-7-17(24)21(12-15)13-16(23)19-8-5-10-20-11-9-18-14-20/h6-7,9,11-12,14H,3-5,8,10,13H2,1-2H3,(H,19,23). The maximum atomic E-state index is 12.6. The normalized spacial score (nSPS) is 11.7. The Morgan fingerprint density at radius 2 is 2.00 bits per heavy atom. The summed E-state index contributed by atoms with van der Waals surface area (Å²) in [4.78, 5) is 28.0. The average molecular weight is 395 g/mol. The quantitative estimate of drug-likeness (QED) is 0.582. The lowest BCUT2D eigenvalue weighted by molar-refractivity contribution is -0.121. The third kappa shape index (κ3) is 5.51. The number of sulfonamides is 1. The number of pyridine rings is 1. The summed E-state index contributed by atoms with van der Waals surface area (Å²) < 4.78 is 29.5. The van der Waals surface area contributed by atoms with Gasteiger partial charge in [0.1, 0.15) is 6.54 Å². The zero-order valence-electron chi connectivity index (χ0n) is 15.5. The van der Waals surface area contributed by atoms with Gasteiger partial charge < -0.3 is 14.5 Å². The number of nitrogens with zero attached hydrogens (tertiary/aromatic N) is 4. The number of carbonyl (C=O) groups is 1. The molecule has 9 nitrogen and oxygen atoms in total. The van der Waals surface area contributed by atoms with Gasteiger partial charge in [0.2, 0.25) is 15.9 Å². The van der Waals surface area contributed by atoms with Crippen molar-refractivity contribution in [2.75, 3.05) is 19.6 Å². The fourth-order valence-electron chi connectivity index (χ4n) is 2.62. The number of hydrogen-bond acceptors (Lipinski definition) is 5. The summed E-state index contributed by atoms with van der Waals surface area (Å²) in [5, 5.41) is 2.73. The Bertz CT molecular complexity index is 902. The summed E-state index contributed by atoms with van der Waals surface area (Å²) in [6.07, 6.45) is 7.16. The molecular weight excluding hydrogens is 370 g/mol. The molecule has 0 fully saturated rings. The summed E-state index contributed by atoms with van der Waals surface area (Å²) >= 11 is 0. The van der Waals surface area contributed by atoms with Crippen LogP contribution in [0.15, 0.2) is 46.7 Å². The van der Waals surface area contributed by atoms with Gasteiger partial charge in [0.15, 0.2) is 0 Å². The lowest BCUT2D eigenvalue weighted by Crippen LogP contribution is -2.34. The van der Waals surface area contributed by atoms with Crippen molar-refractivity contribution in [2.45, 2.75) is 38.3 Å². The lowest BCUT2D eigenvalue weighted by atomic mass is 10.4. The van der Waals surface area contributed by atoms with Crippen LogP contribution in [0, 0.1) is 0 Å². The Balaban J connectivity index is 1.99. The Hall–Kier alpha value is -2.46. The van der Waals surface area contributed by atoms with Gasteiger partial charge in [-0.3, -0.25) is 9.59 Å². The fraction of sp³-hybridized carbons (Fsp3) is 0.471. The zero-order valence-corrected chi connectivity index (χ0v) is 16.4. The molecule has 0 saturated heterocycles. The van der Waals surface area contributed by atoms with Crippen LogP contribution in [0.4, 0.5) is 0 Å². The van der Waals surface area contributed by atoms with Crippen LogP contribution in [0.5, 0.6) is 0 Å². The first-order valence-corrected chi connectivity index (χ1v) is 10.3. The molecule has 0 aliphatic heterocycles. The first-order valence-electron chi connectivity index (χ1n) is 8.81. The molecule has 1 N–H and O–H groups in total. The molecule has 10 heteroatoms. The molecule has 0 aliphatic rings. The lowest BCUT2D eigenvalue weighted by Gasteiger charge is -2.19. The van der Waals surface area contributed by atoms with Gasteiger partial charge in [-0.25, -0.2) is 13.4 Å². The zero-order chi connectivity index (χ0) is 19.9. The van der Waals surface area contributed by atoms with Gasteiger partial charge in [-0.05, 0) is 12.5 Å². The summed E-state index contributed by atoms with van der Waals surface area (Å²) in [5.41, 5.74) is -0.429. The molecule has 0 aromatic carbocycles. The van der Waals surface area contributed by atoms with Gasteiger partial charge in [-0.15, -0.1) is 0 Å². The highest BCUT2D eigenvalue weighted by Crippen LogP contribution is 2.13.